The van der Waals surface area contributed by atoms with E-state index in [1.807, 2.05) is 0 Å². The van der Waals surface area contributed by atoms with E-state index in [-0.39, 0.29) is 19.4 Å². The van der Waals surface area contributed by atoms with Crippen molar-refractivity contribution in [3.05, 3.63) is 24.3 Å². The van der Waals surface area contributed by atoms with Crippen molar-refractivity contribution in [3.8, 4) is 0 Å². The highest BCUT2D eigenvalue weighted by Crippen LogP contribution is 2.43. The van der Waals surface area contributed by atoms with E-state index in [1.165, 1.54) is 116 Å². The topological polar surface area (TPSA) is 149 Å². The third kappa shape index (κ3) is 40.4. The number of aliphatic hydroxyl groups excluding tert-OH is 2. The van der Waals surface area contributed by atoms with Crippen molar-refractivity contribution >= 4 is 19.8 Å². The molecule has 0 aromatic heterocycles. The summed E-state index contributed by atoms with van der Waals surface area (Å²) in [6.45, 7) is 2.37. The van der Waals surface area contributed by atoms with Gasteiger partial charge in [0.15, 0.2) is 6.10 Å². The SMILES string of the molecule is CCCCCCCC/C=C/CCCCCCCCCC(=O)O[C@H](COC(=O)CCCCC/C=C/CCCCCCCCCC)COP(=O)(O)OC[C@@H](O)CO. The van der Waals surface area contributed by atoms with Gasteiger partial charge in [0, 0.05) is 12.8 Å². The van der Waals surface area contributed by atoms with Crippen LogP contribution in [0.4, 0.5) is 0 Å². The lowest BCUT2D eigenvalue weighted by molar-refractivity contribution is -0.161. The highest BCUT2D eigenvalue weighted by molar-refractivity contribution is 7.47. The van der Waals surface area contributed by atoms with Crippen molar-refractivity contribution in [2.24, 2.45) is 0 Å². The van der Waals surface area contributed by atoms with E-state index in [2.05, 4.69) is 42.7 Å². The second kappa shape index (κ2) is 40.6. The molecule has 11 heteroatoms. The van der Waals surface area contributed by atoms with Gasteiger partial charge in [0.05, 0.1) is 19.8 Å². The third-order valence-electron chi connectivity index (χ3n) is 9.58. The van der Waals surface area contributed by atoms with E-state index >= 15 is 0 Å². The molecule has 0 amide bonds. The van der Waals surface area contributed by atoms with Gasteiger partial charge in [-0.15, -0.1) is 0 Å². The van der Waals surface area contributed by atoms with Crippen LogP contribution in [0.3, 0.4) is 0 Å². The number of phosphoric acid groups is 1. The van der Waals surface area contributed by atoms with Crippen LogP contribution in [0.25, 0.3) is 0 Å². The number of hydrogen-bond donors (Lipinski definition) is 3. The van der Waals surface area contributed by atoms with Crippen LogP contribution >= 0.6 is 7.82 Å². The number of rotatable bonds is 42. The minimum atomic E-state index is -4.62. The molecular formula is C44H83O10P. The average molecular weight is 803 g/mol. The fourth-order valence-corrected chi connectivity index (χ4v) is 6.89. The maximum absolute atomic E-state index is 12.6. The van der Waals surface area contributed by atoms with Crippen LogP contribution in [0.5, 0.6) is 0 Å². The second-order valence-corrected chi connectivity index (χ2v) is 16.5. The molecule has 0 spiro atoms. The first-order valence-electron chi connectivity index (χ1n) is 22.3. The Bertz CT molecular complexity index is 972. The number of allylic oxidation sites excluding steroid dienone is 4. The number of unbranched alkanes of at least 4 members (excludes halogenated alkanes) is 24. The van der Waals surface area contributed by atoms with Gasteiger partial charge in [-0.2, -0.15) is 0 Å². The summed E-state index contributed by atoms with van der Waals surface area (Å²) in [6, 6.07) is 0. The first-order chi connectivity index (χ1) is 26.7. The Kier molecular flexibility index (Phi) is 39.5. The van der Waals surface area contributed by atoms with E-state index in [9.17, 15) is 24.2 Å². The summed E-state index contributed by atoms with van der Waals surface area (Å²) in [7, 11) is -4.62. The molecule has 0 aliphatic carbocycles. The van der Waals surface area contributed by atoms with Crippen LogP contribution in [0.15, 0.2) is 24.3 Å². The molecule has 0 aromatic rings. The number of esters is 2. The molecule has 3 atom stereocenters. The van der Waals surface area contributed by atoms with Crippen LogP contribution in [-0.2, 0) is 32.7 Å². The number of aliphatic hydroxyl groups is 2. The molecule has 0 aliphatic heterocycles. The van der Waals surface area contributed by atoms with E-state index in [4.69, 9.17) is 19.1 Å². The van der Waals surface area contributed by atoms with Crippen molar-refractivity contribution in [2.45, 2.75) is 219 Å². The van der Waals surface area contributed by atoms with Gasteiger partial charge in [0.2, 0.25) is 0 Å². The summed E-state index contributed by atoms with van der Waals surface area (Å²) in [5.41, 5.74) is 0. The van der Waals surface area contributed by atoms with Gasteiger partial charge in [-0.25, -0.2) is 4.57 Å². The van der Waals surface area contributed by atoms with Crippen molar-refractivity contribution in [1.29, 1.82) is 0 Å². The summed E-state index contributed by atoms with van der Waals surface area (Å²) in [5, 5.41) is 18.3. The lowest BCUT2D eigenvalue weighted by atomic mass is 10.1. The zero-order valence-electron chi connectivity index (χ0n) is 35.2. The monoisotopic (exact) mass is 803 g/mol. The molecule has 0 heterocycles. The van der Waals surface area contributed by atoms with Gasteiger partial charge in [0.1, 0.15) is 12.7 Å². The number of ether oxygens (including phenoxy) is 2. The Labute approximate surface area is 336 Å². The largest absolute Gasteiger partial charge is 0.472 e. The van der Waals surface area contributed by atoms with Crippen molar-refractivity contribution in [3.63, 3.8) is 0 Å². The molecule has 324 valence electrons. The normalized spacial score (nSPS) is 14.1. The van der Waals surface area contributed by atoms with Gasteiger partial charge in [-0.3, -0.25) is 18.6 Å². The maximum atomic E-state index is 12.6. The highest BCUT2D eigenvalue weighted by Gasteiger charge is 2.27. The fourth-order valence-electron chi connectivity index (χ4n) is 6.10. The van der Waals surface area contributed by atoms with E-state index in [0.717, 1.165) is 51.4 Å². The number of carbonyl (C=O) groups is 2. The van der Waals surface area contributed by atoms with Gasteiger partial charge in [-0.1, -0.05) is 154 Å². The Morgan fingerprint density at radius 2 is 0.891 bits per heavy atom. The molecule has 0 fully saturated rings. The molecule has 3 N–H and O–H groups in total. The van der Waals surface area contributed by atoms with E-state index in [1.54, 1.807) is 0 Å². The Hall–Kier alpha value is -1.55. The molecule has 0 saturated heterocycles. The molecule has 1 unspecified atom stereocenters. The lowest BCUT2D eigenvalue weighted by Gasteiger charge is -2.20. The van der Waals surface area contributed by atoms with Crippen molar-refractivity contribution in [2.75, 3.05) is 26.4 Å². The summed E-state index contributed by atoms with van der Waals surface area (Å²) < 4.78 is 32.7. The van der Waals surface area contributed by atoms with Crippen molar-refractivity contribution < 1.29 is 47.8 Å². The van der Waals surface area contributed by atoms with Crippen LogP contribution < -0.4 is 0 Å². The summed E-state index contributed by atoms with van der Waals surface area (Å²) >= 11 is 0. The Morgan fingerprint density at radius 1 is 0.527 bits per heavy atom. The lowest BCUT2D eigenvalue weighted by Crippen LogP contribution is -2.29. The van der Waals surface area contributed by atoms with Gasteiger partial charge < -0.3 is 24.6 Å². The molecular weight excluding hydrogens is 719 g/mol. The average Bonchev–Trinajstić information content (AvgIpc) is 3.17. The standard InChI is InChI=1S/C44H83O10P/c1-3-5-7-9-11-13-15-17-19-20-22-24-26-28-30-32-34-36-44(48)54-42(40-53-55(49,50)52-38-41(46)37-45)39-51-43(47)35-33-31-29-27-25-23-21-18-16-14-12-10-8-6-4-2/h17,19,23,25,41-42,45-46H,3-16,18,20-22,24,26-40H2,1-2H3,(H,49,50)/b19-17+,25-23+/t41-,42+/m0/s1. The van der Waals surface area contributed by atoms with Crippen LogP contribution in [0.1, 0.15) is 206 Å². The van der Waals surface area contributed by atoms with Gasteiger partial charge in [0.25, 0.3) is 0 Å². The van der Waals surface area contributed by atoms with Crippen LogP contribution in [-0.4, -0.2) is 65.7 Å². The fraction of sp³-hybridized carbons (Fsp3) is 0.864. The minimum Gasteiger partial charge on any atom is -0.462 e. The highest BCUT2D eigenvalue weighted by atomic mass is 31.2. The maximum Gasteiger partial charge on any atom is 0.472 e. The van der Waals surface area contributed by atoms with Gasteiger partial charge >= 0.3 is 19.8 Å². The molecule has 10 nitrogen and oxygen atoms in total. The summed E-state index contributed by atoms with van der Waals surface area (Å²) in [6.07, 6.45) is 40.0. The molecule has 0 rings (SSSR count). The molecule has 0 aliphatic rings. The van der Waals surface area contributed by atoms with Crippen LogP contribution in [0, 0.1) is 0 Å². The predicted octanol–water partition coefficient (Wildman–Crippen LogP) is 11.8. The minimum absolute atomic E-state index is 0.178. The zero-order valence-corrected chi connectivity index (χ0v) is 36.0. The Morgan fingerprint density at radius 3 is 1.33 bits per heavy atom. The number of phosphoric ester groups is 1. The number of hydrogen-bond acceptors (Lipinski definition) is 9. The second-order valence-electron chi connectivity index (χ2n) is 15.1. The van der Waals surface area contributed by atoms with Gasteiger partial charge in [-0.05, 0) is 64.2 Å². The van der Waals surface area contributed by atoms with Crippen molar-refractivity contribution in [1.82, 2.24) is 0 Å². The molecule has 0 aromatic carbocycles. The molecule has 0 bridgehead atoms. The quantitative estimate of drug-likeness (QED) is 0.0236. The molecule has 0 radical (unpaired) electrons. The smallest absolute Gasteiger partial charge is 0.462 e. The van der Waals surface area contributed by atoms with E-state index < -0.39 is 51.8 Å². The first kappa shape index (κ1) is 53.5. The van der Waals surface area contributed by atoms with Crippen LogP contribution in [0.2, 0.25) is 0 Å². The predicted molar refractivity (Wildman–Crippen MR) is 224 cm³/mol. The summed E-state index contributed by atoms with van der Waals surface area (Å²) in [4.78, 5) is 35.0. The first-order valence-corrected chi connectivity index (χ1v) is 23.8. The summed E-state index contributed by atoms with van der Waals surface area (Å²) in [5.74, 6) is -0.942. The van der Waals surface area contributed by atoms with E-state index in [0.29, 0.717) is 12.8 Å². The zero-order chi connectivity index (χ0) is 40.5. The third-order valence-corrected chi connectivity index (χ3v) is 10.5. The number of carbonyl (C=O) groups excluding carboxylic acids is 2. The molecule has 0 saturated carbocycles. The Balaban J connectivity index is 4.30. The molecule has 55 heavy (non-hydrogen) atoms.